The highest BCUT2D eigenvalue weighted by atomic mass is 31.2. The van der Waals surface area contributed by atoms with Gasteiger partial charge in [0, 0.05) is 49.1 Å². The number of aromatic nitrogens is 3. The van der Waals surface area contributed by atoms with Crippen LogP contribution in [-0.2, 0) is 11.0 Å². The molecule has 5 heteroatoms. The van der Waals surface area contributed by atoms with Crippen molar-refractivity contribution >= 4 is 72.9 Å². The number of hydrogen-bond donors (Lipinski definition) is 0. The fourth-order valence-corrected chi connectivity index (χ4v) is 11.7. The van der Waals surface area contributed by atoms with Gasteiger partial charge >= 0.3 is 0 Å². The molecule has 1 aliphatic rings. The number of nitrogens with zero attached hydrogens (tertiary/aromatic N) is 3. The Morgan fingerprint density at radius 3 is 1.55 bits per heavy atom. The Morgan fingerprint density at radius 1 is 0.436 bits per heavy atom. The van der Waals surface area contributed by atoms with E-state index in [0.717, 1.165) is 33.5 Å². The second-order valence-electron chi connectivity index (χ2n) is 14.4. The van der Waals surface area contributed by atoms with E-state index < -0.39 is 7.14 Å². The van der Waals surface area contributed by atoms with Gasteiger partial charge in [0.1, 0.15) is 0 Å². The van der Waals surface area contributed by atoms with Crippen molar-refractivity contribution < 1.29 is 4.57 Å². The molecule has 0 radical (unpaired) electrons. The Bertz CT molecular complexity index is 3090. The summed E-state index contributed by atoms with van der Waals surface area (Å²) in [5, 5.41) is 6.21. The smallest absolute Gasteiger partial charge is 0.171 e. The molecule has 0 saturated heterocycles. The minimum absolute atomic E-state index is 0.106. The summed E-state index contributed by atoms with van der Waals surface area (Å²) in [6.07, 6.45) is 5.62. The van der Waals surface area contributed by atoms with E-state index in [1.165, 1.54) is 55.2 Å². The van der Waals surface area contributed by atoms with Gasteiger partial charge in [0.05, 0.1) is 33.6 Å². The minimum Gasteiger partial charge on any atom is -0.331 e. The molecule has 0 N–H and O–H groups in total. The van der Waals surface area contributed by atoms with Crippen LogP contribution in [0.2, 0.25) is 0 Å². The van der Waals surface area contributed by atoms with Crippen molar-refractivity contribution in [3.63, 3.8) is 0 Å². The largest absolute Gasteiger partial charge is 0.331 e. The molecule has 11 rings (SSSR count). The molecule has 0 saturated carbocycles. The van der Waals surface area contributed by atoms with E-state index in [9.17, 15) is 0 Å². The molecule has 1 unspecified atom stereocenters. The van der Waals surface area contributed by atoms with Gasteiger partial charge in [-0.05, 0) is 72.7 Å². The number of allylic oxidation sites excluding steroid dienone is 1. The third-order valence-electron chi connectivity index (χ3n) is 11.5. The molecule has 0 amide bonds. The van der Waals surface area contributed by atoms with Crippen molar-refractivity contribution in [3.8, 4) is 11.4 Å². The van der Waals surface area contributed by atoms with Gasteiger partial charge in [0.15, 0.2) is 7.14 Å². The van der Waals surface area contributed by atoms with Crippen LogP contribution in [0, 0.1) is 0 Å². The van der Waals surface area contributed by atoms with E-state index in [1.807, 2.05) is 60.7 Å². The molecule has 1 aliphatic carbocycles. The standard InChI is InChI=1S/C50H36N3OP/c54-55(38-18-6-2-7-19-38,39-20-8-3-9-21-39)40-31-28-36(29-32-40)52-46-26-14-11-23-42(46)50-49(52)43-24-12-15-27-47(43)53(50)37-30-33-48-44(34-37)41-22-10-13-25-45(41)51(48)35-16-4-1-5-17-35/h1-33,37H,34H2. The van der Waals surface area contributed by atoms with E-state index in [2.05, 4.69) is 153 Å². The molecule has 3 aromatic heterocycles. The van der Waals surface area contributed by atoms with Crippen LogP contribution in [0.3, 0.4) is 0 Å². The lowest BCUT2D eigenvalue weighted by atomic mass is 9.96. The van der Waals surface area contributed by atoms with Gasteiger partial charge in [0.2, 0.25) is 0 Å². The highest BCUT2D eigenvalue weighted by Gasteiger charge is 2.31. The predicted molar refractivity (Wildman–Crippen MR) is 231 cm³/mol. The zero-order chi connectivity index (χ0) is 36.5. The molecule has 3 heterocycles. The highest BCUT2D eigenvalue weighted by molar-refractivity contribution is 7.85. The number of rotatable bonds is 6. The minimum atomic E-state index is -3.11. The Kier molecular flexibility index (Phi) is 7.23. The van der Waals surface area contributed by atoms with Crippen molar-refractivity contribution in [2.75, 3.05) is 0 Å². The molecule has 0 spiro atoms. The Hall–Kier alpha value is -6.61. The van der Waals surface area contributed by atoms with E-state index in [-0.39, 0.29) is 6.04 Å². The summed E-state index contributed by atoms with van der Waals surface area (Å²) in [5.41, 5.74) is 10.8. The van der Waals surface area contributed by atoms with Crippen LogP contribution in [0.25, 0.3) is 61.2 Å². The third-order valence-corrected chi connectivity index (χ3v) is 14.6. The van der Waals surface area contributed by atoms with Crippen LogP contribution in [-0.4, -0.2) is 13.7 Å². The molecule has 55 heavy (non-hydrogen) atoms. The van der Waals surface area contributed by atoms with Gasteiger partial charge in [-0.3, -0.25) is 0 Å². The summed E-state index contributed by atoms with van der Waals surface area (Å²) < 4.78 is 22.6. The quantitative estimate of drug-likeness (QED) is 0.157. The molecule has 7 aromatic carbocycles. The van der Waals surface area contributed by atoms with Crippen molar-refractivity contribution in [3.05, 3.63) is 205 Å². The molecule has 0 aliphatic heterocycles. The van der Waals surface area contributed by atoms with Gasteiger partial charge in [-0.15, -0.1) is 0 Å². The summed E-state index contributed by atoms with van der Waals surface area (Å²) in [4.78, 5) is 0. The number of fused-ring (bicyclic) bond motifs is 8. The highest BCUT2D eigenvalue weighted by Crippen LogP contribution is 2.45. The first-order valence-corrected chi connectivity index (χ1v) is 20.6. The van der Waals surface area contributed by atoms with E-state index >= 15 is 4.57 Å². The molecule has 10 aromatic rings. The number of para-hydroxylation sites is 4. The summed E-state index contributed by atoms with van der Waals surface area (Å²) in [6.45, 7) is 0. The molecule has 262 valence electrons. The monoisotopic (exact) mass is 725 g/mol. The second kappa shape index (κ2) is 12.5. The molecular weight excluding hydrogens is 690 g/mol. The molecular formula is C50H36N3OP. The van der Waals surface area contributed by atoms with Crippen LogP contribution in [0.4, 0.5) is 0 Å². The molecule has 0 fully saturated rings. The predicted octanol–water partition coefficient (Wildman–Crippen LogP) is 11.1. The fourth-order valence-electron chi connectivity index (χ4n) is 9.09. The van der Waals surface area contributed by atoms with Gasteiger partial charge < -0.3 is 18.3 Å². The Labute approximate surface area is 319 Å². The second-order valence-corrected chi connectivity index (χ2v) is 17.2. The summed E-state index contributed by atoms with van der Waals surface area (Å²) in [7, 11) is -3.11. The van der Waals surface area contributed by atoms with Crippen LogP contribution in [0.1, 0.15) is 17.3 Å². The van der Waals surface area contributed by atoms with Gasteiger partial charge in [-0.1, -0.05) is 140 Å². The third kappa shape index (κ3) is 4.75. The van der Waals surface area contributed by atoms with E-state index in [0.29, 0.717) is 0 Å². The SMILES string of the molecule is O=P(c1ccccc1)(c1ccccc1)c1ccc(-n2c3ccccc3c3c2c2ccccc2n3C2C=Cc3c(c4ccccc4n3-c3ccccc3)C2)cc1. The summed E-state index contributed by atoms with van der Waals surface area (Å²) >= 11 is 0. The van der Waals surface area contributed by atoms with E-state index in [1.54, 1.807) is 0 Å². The lowest BCUT2D eigenvalue weighted by molar-refractivity contribution is 0.592. The Morgan fingerprint density at radius 2 is 0.909 bits per heavy atom. The molecule has 4 nitrogen and oxygen atoms in total. The van der Waals surface area contributed by atoms with Gasteiger partial charge in [-0.25, -0.2) is 0 Å². The fraction of sp³-hybridized carbons (Fsp3) is 0.0400. The van der Waals surface area contributed by atoms with Crippen LogP contribution in [0.15, 0.2) is 194 Å². The summed E-state index contributed by atoms with van der Waals surface area (Å²) in [6, 6.07) is 65.5. The first-order chi connectivity index (χ1) is 27.2. The maximum atomic E-state index is 15.2. The topological polar surface area (TPSA) is 31.9 Å². The van der Waals surface area contributed by atoms with Crippen LogP contribution < -0.4 is 15.9 Å². The average Bonchev–Trinajstić information content (AvgIpc) is 3.90. The zero-order valence-electron chi connectivity index (χ0n) is 30.0. The van der Waals surface area contributed by atoms with Crippen LogP contribution >= 0.6 is 7.14 Å². The average molecular weight is 726 g/mol. The zero-order valence-corrected chi connectivity index (χ0v) is 30.9. The van der Waals surface area contributed by atoms with Crippen molar-refractivity contribution in [1.82, 2.24) is 13.7 Å². The van der Waals surface area contributed by atoms with Gasteiger partial charge in [-0.2, -0.15) is 0 Å². The van der Waals surface area contributed by atoms with Crippen molar-refractivity contribution in [1.29, 1.82) is 0 Å². The first kappa shape index (κ1) is 31.9. The Balaban J connectivity index is 1.10. The molecule has 0 bridgehead atoms. The number of hydrogen-bond acceptors (Lipinski definition) is 1. The van der Waals surface area contributed by atoms with Crippen molar-refractivity contribution in [2.24, 2.45) is 0 Å². The first-order valence-electron chi connectivity index (χ1n) is 18.9. The van der Waals surface area contributed by atoms with Crippen molar-refractivity contribution in [2.45, 2.75) is 12.5 Å². The maximum Gasteiger partial charge on any atom is 0.171 e. The maximum absolute atomic E-state index is 15.2. The van der Waals surface area contributed by atoms with Gasteiger partial charge in [0.25, 0.3) is 0 Å². The lowest BCUT2D eigenvalue weighted by Crippen LogP contribution is -2.24. The van der Waals surface area contributed by atoms with Crippen LogP contribution in [0.5, 0.6) is 0 Å². The lowest BCUT2D eigenvalue weighted by Gasteiger charge is -2.22. The number of benzene rings is 7. The normalized spacial score (nSPS) is 14.3. The molecule has 1 atom stereocenters. The summed E-state index contributed by atoms with van der Waals surface area (Å²) in [5.74, 6) is 0. The van der Waals surface area contributed by atoms with E-state index in [4.69, 9.17) is 0 Å².